The van der Waals surface area contributed by atoms with Crippen LogP contribution in [-0.2, 0) is 6.42 Å². The molecule has 1 aliphatic carbocycles. The Balaban J connectivity index is 2.12. The van der Waals surface area contributed by atoms with Crippen LogP contribution in [0.5, 0.6) is 0 Å². The van der Waals surface area contributed by atoms with Gasteiger partial charge in [-0.05, 0) is 31.1 Å². The van der Waals surface area contributed by atoms with E-state index in [4.69, 9.17) is 0 Å². The van der Waals surface area contributed by atoms with Crippen LogP contribution in [0.1, 0.15) is 57.7 Å². The maximum absolute atomic E-state index is 4.47. The minimum absolute atomic E-state index is 0.656. The van der Waals surface area contributed by atoms with E-state index in [0.29, 0.717) is 11.8 Å². The number of aromatic amines is 1. The lowest BCUT2D eigenvalue weighted by molar-refractivity contribution is 0.641. The van der Waals surface area contributed by atoms with Crippen molar-refractivity contribution < 1.29 is 0 Å². The molecule has 3 heteroatoms. The van der Waals surface area contributed by atoms with Gasteiger partial charge in [0.2, 0.25) is 0 Å². The molecule has 0 aromatic carbocycles. The van der Waals surface area contributed by atoms with E-state index in [-0.39, 0.29) is 0 Å². The molecule has 0 radical (unpaired) electrons. The molecule has 1 aliphatic rings. The van der Waals surface area contributed by atoms with Crippen molar-refractivity contribution in [3.63, 3.8) is 0 Å². The van der Waals surface area contributed by atoms with Gasteiger partial charge in [-0.25, -0.2) is 0 Å². The van der Waals surface area contributed by atoms with E-state index < -0.39 is 0 Å². The molecule has 0 unspecified atom stereocenters. The molecule has 0 aliphatic heterocycles. The van der Waals surface area contributed by atoms with Crippen molar-refractivity contribution in [3.8, 4) is 0 Å². The third kappa shape index (κ3) is 3.24. The van der Waals surface area contributed by atoms with Gasteiger partial charge >= 0.3 is 0 Å². The van der Waals surface area contributed by atoms with Crippen molar-refractivity contribution in [3.05, 3.63) is 11.3 Å². The van der Waals surface area contributed by atoms with Gasteiger partial charge in [-0.15, -0.1) is 0 Å². The molecular weight excluding hydrogens is 210 g/mol. The second-order valence-electron chi connectivity index (χ2n) is 6.11. The molecule has 17 heavy (non-hydrogen) atoms. The van der Waals surface area contributed by atoms with E-state index in [2.05, 4.69) is 43.2 Å². The standard InChI is InChI=1S/C14H25N3/c1-9(2)7-12-13(11-5-6-11)16-17-14(12)15-8-10(3)4/h9-11H,5-8H2,1-4H3,(H2,15,16,17). The maximum Gasteiger partial charge on any atom is 0.151 e. The highest BCUT2D eigenvalue weighted by atomic mass is 15.2. The number of hydrogen-bond donors (Lipinski definition) is 2. The maximum atomic E-state index is 4.47. The molecular formula is C14H25N3. The predicted octanol–water partition coefficient (Wildman–Crippen LogP) is 3.55. The molecule has 0 spiro atoms. The molecule has 1 aromatic heterocycles. The Hall–Kier alpha value is -0.990. The number of anilines is 1. The van der Waals surface area contributed by atoms with Gasteiger partial charge in [0.25, 0.3) is 0 Å². The predicted molar refractivity (Wildman–Crippen MR) is 72.4 cm³/mol. The van der Waals surface area contributed by atoms with Crippen LogP contribution in [0.2, 0.25) is 0 Å². The fourth-order valence-electron chi connectivity index (χ4n) is 2.15. The van der Waals surface area contributed by atoms with Crippen LogP contribution in [0.4, 0.5) is 5.82 Å². The summed E-state index contributed by atoms with van der Waals surface area (Å²) in [5, 5.41) is 11.2. The summed E-state index contributed by atoms with van der Waals surface area (Å²) in [6, 6.07) is 0. The van der Waals surface area contributed by atoms with E-state index in [1.807, 2.05) is 0 Å². The normalized spacial score (nSPS) is 15.9. The first-order chi connectivity index (χ1) is 8.08. The summed E-state index contributed by atoms with van der Waals surface area (Å²) in [5.41, 5.74) is 2.83. The quantitative estimate of drug-likeness (QED) is 0.791. The summed E-state index contributed by atoms with van der Waals surface area (Å²) in [6.45, 7) is 10.00. The lowest BCUT2D eigenvalue weighted by Crippen LogP contribution is -2.10. The Morgan fingerprint density at radius 3 is 2.47 bits per heavy atom. The second-order valence-corrected chi connectivity index (χ2v) is 6.11. The smallest absolute Gasteiger partial charge is 0.151 e. The summed E-state index contributed by atoms with van der Waals surface area (Å²) < 4.78 is 0. The molecule has 0 bridgehead atoms. The van der Waals surface area contributed by atoms with Gasteiger partial charge in [-0.2, -0.15) is 5.10 Å². The highest BCUT2D eigenvalue weighted by Crippen LogP contribution is 2.42. The molecule has 2 rings (SSSR count). The first-order valence-corrected chi connectivity index (χ1v) is 6.89. The van der Waals surface area contributed by atoms with Crippen LogP contribution in [-0.4, -0.2) is 16.7 Å². The molecule has 0 saturated heterocycles. The third-order valence-electron chi connectivity index (χ3n) is 3.17. The van der Waals surface area contributed by atoms with Gasteiger partial charge < -0.3 is 5.32 Å². The van der Waals surface area contributed by atoms with Gasteiger partial charge in [0, 0.05) is 23.7 Å². The van der Waals surface area contributed by atoms with Crippen molar-refractivity contribution in [1.29, 1.82) is 0 Å². The van der Waals surface area contributed by atoms with Crippen LogP contribution in [0.25, 0.3) is 0 Å². The Bertz CT molecular complexity index is 362. The monoisotopic (exact) mass is 235 g/mol. The Kier molecular flexibility index (Phi) is 3.75. The highest BCUT2D eigenvalue weighted by Gasteiger charge is 2.29. The fraction of sp³-hybridized carbons (Fsp3) is 0.786. The summed E-state index contributed by atoms with van der Waals surface area (Å²) in [4.78, 5) is 0. The Labute approximate surface area is 104 Å². The van der Waals surface area contributed by atoms with Crippen LogP contribution in [0.3, 0.4) is 0 Å². The summed E-state index contributed by atoms with van der Waals surface area (Å²) in [6.07, 6.45) is 3.79. The van der Waals surface area contributed by atoms with Crippen molar-refractivity contribution >= 4 is 5.82 Å². The number of nitrogens with one attached hydrogen (secondary N) is 2. The summed E-state index contributed by atoms with van der Waals surface area (Å²) in [5.74, 6) is 3.19. The second kappa shape index (κ2) is 5.11. The number of rotatable bonds is 6. The molecule has 1 fully saturated rings. The fourth-order valence-corrected chi connectivity index (χ4v) is 2.15. The van der Waals surface area contributed by atoms with Gasteiger partial charge in [0.1, 0.15) is 0 Å². The average molecular weight is 235 g/mol. The van der Waals surface area contributed by atoms with E-state index in [1.165, 1.54) is 24.1 Å². The first-order valence-electron chi connectivity index (χ1n) is 6.89. The third-order valence-corrected chi connectivity index (χ3v) is 3.17. The number of nitrogens with zero attached hydrogens (tertiary/aromatic N) is 1. The Morgan fingerprint density at radius 2 is 1.94 bits per heavy atom. The van der Waals surface area contributed by atoms with Crippen molar-refractivity contribution in [2.24, 2.45) is 11.8 Å². The van der Waals surface area contributed by atoms with Crippen LogP contribution < -0.4 is 5.32 Å². The van der Waals surface area contributed by atoms with Gasteiger partial charge in [0.15, 0.2) is 5.82 Å². The average Bonchev–Trinajstić information content (AvgIpc) is 2.99. The van der Waals surface area contributed by atoms with Gasteiger partial charge in [-0.1, -0.05) is 27.7 Å². The lowest BCUT2D eigenvalue weighted by atomic mass is 10.0. The highest BCUT2D eigenvalue weighted by molar-refractivity contribution is 5.48. The lowest BCUT2D eigenvalue weighted by Gasteiger charge is -2.11. The van der Waals surface area contributed by atoms with Crippen LogP contribution >= 0.6 is 0 Å². The van der Waals surface area contributed by atoms with Gasteiger partial charge in [0.05, 0.1) is 0 Å². The molecule has 2 N–H and O–H groups in total. The Morgan fingerprint density at radius 1 is 1.24 bits per heavy atom. The number of H-pyrrole nitrogens is 1. The van der Waals surface area contributed by atoms with Crippen molar-refractivity contribution in [2.45, 2.75) is 52.9 Å². The van der Waals surface area contributed by atoms with Crippen LogP contribution in [0, 0.1) is 11.8 Å². The molecule has 1 heterocycles. The molecule has 1 aromatic rings. The summed E-state index contributed by atoms with van der Waals surface area (Å²) >= 11 is 0. The molecule has 1 saturated carbocycles. The van der Waals surface area contributed by atoms with Crippen molar-refractivity contribution in [1.82, 2.24) is 10.2 Å². The minimum Gasteiger partial charge on any atom is -0.368 e. The zero-order chi connectivity index (χ0) is 12.4. The van der Waals surface area contributed by atoms with E-state index in [1.54, 1.807) is 0 Å². The molecule has 0 amide bonds. The molecule has 0 atom stereocenters. The zero-order valence-electron chi connectivity index (χ0n) is 11.5. The van der Waals surface area contributed by atoms with Crippen molar-refractivity contribution in [2.75, 3.05) is 11.9 Å². The SMILES string of the molecule is CC(C)CNc1n[nH]c(C2CC2)c1CC(C)C. The first kappa shape index (κ1) is 12.5. The van der Waals surface area contributed by atoms with Gasteiger partial charge in [-0.3, -0.25) is 5.10 Å². The summed E-state index contributed by atoms with van der Waals surface area (Å²) in [7, 11) is 0. The minimum atomic E-state index is 0.656. The van der Waals surface area contributed by atoms with Crippen LogP contribution in [0.15, 0.2) is 0 Å². The topological polar surface area (TPSA) is 40.7 Å². The number of aromatic nitrogens is 2. The van der Waals surface area contributed by atoms with E-state index in [9.17, 15) is 0 Å². The largest absolute Gasteiger partial charge is 0.368 e. The van der Waals surface area contributed by atoms with E-state index >= 15 is 0 Å². The zero-order valence-corrected chi connectivity index (χ0v) is 11.5. The molecule has 3 nitrogen and oxygen atoms in total. The number of hydrogen-bond acceptors (Lipinski definition) is 2. The van der Waals surface area contributed by atoms with E-state index in [0.717, 1.165) is 24.7 Å². The molecule has 96 valence electrons.